The van der Waals surface area contributed by atoms with Crippen LogP contribution in [-0.2, 0) is 22.7 Å². The van der Waals surface area contributed by atoms with Crippen LogP contribution in [0.3, 0.4) is 0 Å². The normalized spacial score (nSPS) is 14.6. The van der Waals surface area contributed by atoms with E-state index in [2.05, 4.69) is 49.9 Å². The molecule has 1 saturated heterocycles. The summed E-state index contributed by atoms with van der Waals surface area (Å²) < 4.78 is 30.9. The molecule has 0 atom stereocenters. The second-order valence-electron chi connectivity index (χ2n) is 7.26. The second kappa shape index (κ2) is 11.1. The molecule has 0 radical (unpaired) electrons. The van der Waals surface area contributed by atoms with Gasteiger partial charge >= 0.3 is 5.97 Å². The monoisotopic (exact) mass is 719 g/mol. The van der Waals surface area contributed by atoms with Gasteiger partial charge in [0.15, 0.2) is 0 Å². The summed E-state index contributed by atoms with van der Waals surface area (Å²) in [5, 5.41) is -0.434. The number of carbonyl (C=O) groups excluding carboxylic acids is 3. The summed E-state index contributed by atoms with van der Waals surface area (Å²) in [5.74, 6) is -0.479. The topological polar surface area (TPSA) is 86.0 Å². The Bertz CT molecular complexity index is 1330. The number of imide groups is 1. The highest BCUT2D eigenvalue weighted by Crippen LogP contribution is 2.36. The smallest absolute Gasteiger partial charge is 0.373 e. The third-order valence-corrected chi connectivity index (χ3v) is 7.34. The first kappa shape index (κ1) is 25.7. The molecule has 180 valence electrons. The third kappa shape index (κ3) is 6.06. The number of hydrogen-bond acceptors (Lipinski definition) is 7. The Morgan fingerprint density at radius 1 is 1.14 bits per heavy atom. The summed E-state index contributed by atoms with van der Waals surface area (Å²) in [6, 6.07) is 12.8. The van der Waals surface area contributed by atoms with E-state index in [1.165, 1.54) is 31.4 Å². The lowest BCUT2D eigenvalue weighted by Gasteiger charge is -2.12. The van der Waals surface area contributed by atoms with Gasteiger partial charge in [0.05, 0.1) is 25.7 Å². The number of nitrogens with zero attached hydrogens (tertiary/aromatic N) is 1. The average molecular weight is 719 g/mol. The third-order valence-electron chi connectivity index (χ3n) is 4.83. The van der Waals surface area contributed by atoms with Crippen molar-refractivity contribution in [3.63, 3.8) is 0 Å². The van der Waals surface area contributed by atoms with Crippen LogP contribution in [0, 0.1) is 13.0 Å². The van der Waals surface area contributed by atoms with Crippen LogP contribution in [-0.4, -0.2) is 29.1 Å². The number of ether oxygens (including phenoxy) is 2. The van der Waals surface area contributed by atoms with Gasteiger partial charge in [-0.25, -0.2) is 9.18 Å². The minimum absolute atomic E-state index is 0.00567. The predicted octanol–water partition coefficient (Wildman–Crippen LogP) is 6.23. The SMILES string of the molecule is COC(=O)c1ccc(CN2C(=O)S/C(=C/c3cc(I)c(OCc4cccc(F)c4)c(I)c3)C2=O)o1. The van der Waals surface area contributed by atoms with Gasteiger partial charge in [-0.1, -0.05) is 12.1 Å². The van der Waals surface area contributed by atoms with E-state index in [4.69, 9.17) is 9.15 Å². The van der Waals surface area contributed by atoms with Crippen LogP contribution >= 0.6 is 56.9 Å². The number of hydrogen-bond donors (Lipinski definition) is 0. The lowest BCUT2D eigenvalue weighted by atomic mass is 10.2. The van der Waals surface area contributed by atoms with Crippen molar-refractivity contribution < 1.29 is 32.7 Å². The first-order valence-electron chi connectivity index (χ1n) is 10.0. The van der Waals surface area contributed by atoms with E-state index in [-0.39, 0.29) is 35.4 Å². The average Bonchev–Trinajstić information content (AvgIpc) is 3.38. The molecule has 1 fully saturated rings. The van der Waals surface area contributed by atoms with Gasteiger partial charge in [0.2, 0.25) is 5.76 Å². The summed E-state index contributed by atoms with van der Waals surface area (Å²) in [7, 11) is 1.23. The van der Waals surface area contributed by atoms with Gasteiger partial charge < -0.3 is 13.9 Å². The Hall–Kier alpha value is -2.39. The van der Waals surface area contributed by atoms with E-state index in [1.54, 1.807) is 18.2 Å². The quantitative estimate of drug-likeness (QED) is 0.163. The zero-order valence-corrected chi connectivity index (χ0v) is 23.2. The molecule has 3 aromatic rings. The van der Waals surface area contributed by atoms with E-state index >= 15 is 0 Å². The molecule has 1 aromatic heterocycles. The number of benzene rings is 2. The van der Waals surface area contributed by atoms with Gasteiger partial charge in [0.25, 0.3) is 11.1 Å². The number of rotatable bonds is 7. The Morgan fingerprint density at radius 3 is 2.57 bits per heavy atom. The number of thioether (sulfide) groups is 1. The van der Waals surface area contributed by atoms with Crippen molar-refractivity contribution in [2.24, 2.45) is 0 Å². The molecule has 7 nitrogen and oxygen atoms in total. The number of furan rings is 1. The molecule has 2 heterocycles. The van der Waals surface area contributed by atoms with Gasteiger partial charge in [-0.3, -0.25) is 14.5 Å². The molecule has 0 bridgehead atoms. The van der Waals surface area contributed by atoms with Crippen LogP contribution in [0.1, 0.15) is 27.4 Å². The zero-order chi connectivity index (χ0) is 25.1. The molecule has 1 aliphatic heterocycles. The molecule has 0 spiro atoms. The molecule has 2 aromatic carbocycles. The largest absolute Gasteiger partial charge is 0.487 e. The van der Waals surface area contributed by atoms with E-state index in [9.17, 15) is 18.8 Å². The maximum Gasteiger partial charge on any atom is 0.373 e. The van der Waals surface area contributed by atoms with E-state index in [0.29, 0.717) is 11.3 Å². The summed E-state index contributed by atoms with van der Waals surface area (Å²) in [4.78, 5) is 38.2. The first-order chi connectivity index (χ1) is 16.7. The predicted molar refractivity (Wildman–Crippen MR) is 144 cm³/mol. The lowest BCUT2D eigenvalue weighted by molar-refractivity contribution is -0.123. The standard InChI is InChI=1S/C24H16FI2NO6S/c1-32-23(30)19-6-5-16(34-19)11-28-22(29)20(35-24(28)31)10-14-8-17(26)21(18(27)9-14)33-12-13-3-2-4-15(25)7-13/h2-10H,11-12H2,1H3/b20-10+. The highest BCUT2D eigenvalue weighted by Gasteiger charge is 2.36. The van der Waals surface area contributed by atoms with Gasteiger partial charge in [0, 0.05) is 0 Å². The van der Waals surface area contributed by atoms with Gasteiger partial charge in [0.1, 0.15) is 23.9 Å². The Balaban J connectivity index is 1.48. The molecule has 4 rings (SSSR count). The Kier molecular flexibility index (Phi) is 8.16. The van der Waals surface area contributed by atoms with Crippen molar-refractivity contribution in [3.8, 4) is 5.75 Å². The number of methoxy groups -OCH3 is 1. The molecule has 35 heavy (non-hydrogen) atoms. The summed E-state index contributed by atoms with van der Waals surface area (Å²) in [5.41, 5.74) is 1.44. The minimum Gasteiger partial charge on any atom is -0.487 e. The highest BCUT2D eigenvalue weighted by atomic mass is 127. The molecule has 0 unspecified atom stereocenters. The minimum atomic E-state index is -0.641. The summed E-state index contributed by atoms with van der Waals surface area (Å²) in [6.45, 7) is 0.118. The number of esters is 1. The van der Waals surface area contributed by atoms with Crippen molar-refractivity contribution in [2.75, 3.05) is 7.11 Å². The van der Waals surface area contributed by atoms with Gasteiger partial charge in [-0.05, 0) is 111 Å². The van der Waals surface area contributed by atoms with E-state index in [0.717, 1.165) is 29.4 Å². The Morgan fingerprint density at radius 2 is 1.89 bits per heavy atom. The second-order valence-corrected chi connectivity index (χ2v) is 10.6. The fourth-order valence-corrected chi connectivity index (χ4v) is 6.17. The first-order valence-corrected chi connectivity index (χ1v) is 13.0. The molecule has 1 aliphatic rings. The van der Waals surface area contributed by atoms with Gasteiger partial charge in [-0.15, -0.1) is 0 Å². The van der Waals surface area contributed by atoms with Crippen LogP contribution in [0.5, 0.6) is 5.75 Å². The molecule has 11 heteroatoms. The maximum absolute atomic E-state index is 13.4. The van der Waals surface area contributed by atoms with Crippen molar-refractivity contribution >= 4 is 80.1 Å². The fourth-order valence-electron chi connectivity index (χ4n) is 3.20. The number of halogens is 3. The maximum atomic E-state index is 13.4. The van der Waals surface area contributed by atoms with Crippen LogP contribution in [0.2, 0.25) is 0 Å². The molecular formula is C24H16FI2NO6S. The molecule has 0 aliphatic carbocycles. The molecular weight excluding hydrogens is 703 g/mol. The molecule has 2 amide bonds. The van der Waals surface area contributed by atoms with Crippen LogP contribution < -0.4 is 4.74 Å². The number of carbonyl (C=O) groups is 3. The number of amides is 2. The van der Waals surface area contributed by atoms with Crippen LogP contribution in [0.15, 0.2) is 57.9 Å². The highest BCUT2D eigenvalue weighted by molar-refractivity contribution is 14.1. The van der Waals surface area contributed by atoms with Crippen molar-refractivity contribution in [1.82, 2.24) is 4.90 Å². The Labute approximate surface area is 231 Å². The van der Waals surface area contributed by atoms with Gasteiger partial charge in [-0.2, -0.15) is 0 Å². The van der Waals surface area contributed by atoms with E-state index in [1.807, 2.05) is 12.1 Å². The summed E-state index contributed by atoms with van der Waals surface area (Å²) >= 11 is 5.10. The molecule has 0 saturated carbocycles. The lowest BCUT2D eigenvalue weighted by Crippen LogP contribution is -2.27. The van der Waals surface area contributed by atoms with Crippen LogP contribution in [0.4, 0.5) is 9.18 Å². The van der Waals surface area contributed by atoms with Crippen molar-refractivity contribution in [3.05, 3.63) is 89.0 Å². The van der Waals surface area contributed by atoms with Crippen molar-refractivity contribution in [1.29, 1.82) is 0 Å². The fraction of sp³-hybridized carbons (Fsp3) is 0.125. The molecule has 0 N–H and O–H groups in total. The van der Waals surface area contributed by atoms with Crippen molar-refractivity contribution in [2.45, 2.75) is 13.2 Å². The van der Waals surface area contributed by atoms with E-state index < -0.39 is 17.1 Å². The summed E-state index contributed by atoms with van der Waals surface area (Å²) in [6.07, 6.45) is 1.65. The van der Waals surface area contributed by atoms with Crippen LogP contribution in [0.25, 0.3) is 6.08 Å². The zero-order valence-electron chi connectivity index (χ0n) is 18.0.